The van der Waals surface area contributed by atoms with Crippen molar-refractivity contribution in [2.24, 2.45) is 0 Å². The molecule has 1 aliphatic heterocycles. The van der Waals surface area contributed by atoms with Crippen molar-refractivity contribution in [2.45, 2.75) is 6.54 Å². The number of aromatic nitrogens is 2. The number of rotatable bonds is 2. The Morgan fingerprint density at radius 2 is 2.08 bits per heavy atom. The predicted octanol–water partition coefficient (Wildman–Crippen LogP) is 1.44. The van der Waals surface area contributed by atoms with E-state index in [0.29, 0.717) is 21.6 Å². The van der Waals surface area contributed by atoms with Crippen LogP contribution in [0, 0.1) is 0 Å². The first kappa shape index (κ1) is 14.6. The maximum absolute atomic E-state index is 12.7. The van der Waals surface area contributed by atoms with Gasteiger partial charge in [-0.25, -0.2) is 4.98 Å². The molecule has 0 radical (unpaired) electrons. The summed E-state index contributed by atoms with van der Waals surface area (Å²) in [4.78, 5) is 42.5. The lowest BCUT2D eigenvalue weighted by atomic mass is 10.2. The zero-order valence-corrected chi connectivity index (χ0v) is 13.2. The van der Waals surface area contributed by atoms with Crippen LogP contribution in [0.25, 0.3) is 10.2 Å². The molecule has 0 fully saturated rings. The van der Waals surface area contributed by atoms with Gasteiger partial charge in [0.15, 0.2) is 0 Å². The molecule has 3 heterocycles. The minimum atomic E-state index is -0.336. The van der Waals surface area contributed by atoms with E-state index in [1.807, 2.05) is 0 Å². The van der Waals surface area contributed by atoms with Gasteiger partial charge in [-0.2, -0.15) is 0 Å². The number of thiophene rings is 1. The zero-order valence-electron chi connectivity index (χ0n) is 12.4. The second-order valence-electron chi connectivity index (χ2n) is 5.36. The third-order valence-corrected chi connectivity index (χ3v) is 4.70. The van der Waals surface area contributed by atoms with E-state index in [1.165, 1.54) is 27.1 Å². The summed E-state index contributed by atoms with van der Waals surface area (Å²) in [6.07, 6.45) is 1.37. The molecule has 0 unspecified atom stereocenters. The number of benzene rings is 1. The van der Waals surface area contributed by atoms with Crippen LogP contribution in [0.3, 0.4) is 0 Å². The highest BCUT2D eigenvalue weighted by Crippen LogP contribution is 2.29. The predicted molar refractivity (Wildman–Crippen MR) is 91.3 cm³/mol. The standard InChI is InChI=1S/C16H12N4O3S/c21-13-7-20(12-4-2-1-3-10(12)18-13)14(22)8-19-9-17-11-5-6-24-15(11)16(19)23/h1-6,9H,7-8H2,(H,18,21). The van der Waals surface area contributed by atoms with Crippen LogP contribution in [-0.4, -0.2) is 27.9 Å². The first-order chi connectivity index (χ1) is 11.6. The summed E-state index contributed by atoms with van der Waals surface area (Å²) in [6.45, 7) is -0.236. The van der Waals surface area contributed by atoms with Crippen LogP contribution < -0.4 is 15.8 Å². The van der Waals surface area contributed by atoms with Gasteiger partial charge in [0.25, 0.3) is 5.56 Å². The highest BCUT2D eigenvalue weighted by molar-refractivity contribution is 7.17. The van der Waals surface area contributed by atoms with Crippen molar-refractivity contribution >= 4 is 44.7 Å². The van der Waals surface area contributed by atoms with Crippen molar-refractivity contribution < 1.29 is 9.59 Å². The maximum atomic E-state index is 12.7. The number of nitrogens with zero attached hydrogens (tertiary/aromatic N) is 3. The molecule has 0 atom stereocenters. The second kappa shape index (κ2) is 5.57. The quantitative estimate of drug-likeness (QED) is 0.765. The van der Waals surface area contributed by atoms with Gasteiger partial charge < -0.3 is 5.32 Å². The Hall–Kier alpha value is -3.00. The Kier molecular flexibility index (Phi) is 3.39. The number of carbonyl (C=O) groups is 2. The van der Waals surface area contributed by atoms with Crippen molar-refractivity contribution in [3.8, 4) is 0 Å². The minimum Gasteiger partial charge on any atom is -0.323 e. The Bertz CT molecular complexity index is 1020. The van der Waals surface area contributed by atoms with Crippen LogP contribution in [0.5, 0.6) is 0 Å². The third-order valence-electron chi connectivity index (χ3n) is 3.81. The first-order valence-electron chi connectivity index (χ1n) is 7.25. The Labute approximate surface area is 140 Å². The molecule has 24 heavy (non-hydrogen) atoms. The second-order valence-corrected chi connectivity index (χ2v) is 6.27. The van der Waals surface area contributed by atoms with Crippen LogP contribution in [0.4, 0.5) is 11.4 Å². The molecule has 0 bridgehead atoms. The highest BCUT2D eigenvalue weighted by Gasteiger charge is 2.26. The molecule has 0 aliphatic carbocycles. The lowest BCUT2D eigenvalue weighted by Crippen LogP contribution is -2.44. The van der Waals surface area contributed by atoms with Crippen molar-refractivity contribution in [3.05, 3.63) is 52.4 Å². The molecule has 2 aromatic heterocycles. The average Bonchev–Trinajstić information content (AvgIpc) is 3.06. The van der Waals surface area contributed by atoms with Crippen molar-refractivity contribution in [2.75, 3.05) is 16.8 Å². The molecule has 2 amide bonds. The largest absolute Gasteiger partial charge is 0.323 e. The fraction of sp³-hybridized carbons (Fsp3) is 0.125. The Morgan fingerprint density at radius 1 is 1.25 bits per heavy atom. The van der Waals surface area contributed by atoms with Crippen LogP contribution in [0.2, 0.25) is 0 Å². The highest BCUT2D eigenvalue weighted by atomic mass is 32.1. The first-order valence-corrected chi connectivity index (χ1v) is 8.13. The number of nitrogens with one attached hydrogen (secondary N) is 1. The molecule has 1 aromatic carbocycles. The fourth-order valence-electron chi connectivity index (χ4n) is 2.68. The SMILES string of the molecule is O=C1CN(C(=O)Cn2cnc3ccsc3c2=O)c2ccccc2N1. The van der Waals surface area contributed by atoms with Gasteiger partial charge in [0.1, 0.15) is 17.8 Å². The summed E-state index contributed by atoms with van der Waals surface area (Å²) in [7, 11) is 0. The van der Waals surface area contributed by atoms with Gasteiger partial charge in [-0.05, 0) is 23.6 Å². The van der Waals surface area contributed by atoms with Gasteiger partial charge in [0.2, 0.25) is 11.8 Å². The van der Waals surface area contributed by atoms with E-state index in [-0.39, 0.29) is 30.5 Å². The molecule has 0 spiro atoms. The molecule has 8 heteroatoms. The maximum Gasteiger partial charge on any atom is 0.271 e. The topological polar surface area (TPSA) is 84.3 Å². The molecule has 0 saturated heterocycles. The summed E-state index contributed by atoms with van der Waals surface area (Å²) in [5, 5.41) is 4.52. The number of anilines is 2. The Balaban J connectivity index is 1.68. The van der Waals surface area contributed by atoms with Crippen molar-refractivity contribution in [3.63, 3.8) is 0 Å². The molecule has 0 saturated carbocycles. The molecular weight excluding hydrogens is 328 g/mol. The van der Waals surface area contributed by atoms with Crippen LogP contribution in [0.1, 0.15) is 0 Å². The fourth-order valence-corrected chi connectivity index (χ4v) is 3.47. The van der Waals surface area contributed by atoms with E-state index in [9.17, 15) is 14.4 Å². The third kappa shape index (κ3) is 2.37. The van der Waals surface area contributed by atoms with Crippen LogP contribution in [0.15, 0.2) is 46.8 Å². The average molecular weight is 340 g/mol. The summed E-state index contributed by atoms with van der Waals surface area (Å²) < 4.78 is 1.79. The van der Waals surface area contributed by atoms with Gasteiger partial charge >= 0.3 is 0 Å². The van der Waals surface area contributed by atoms with E-state index in [0.717, 1.165) is 0 Å². The number of para-hydroxylation sites is 2. The molecular formula is C16H12N4O3S. The number of amides is 2. The van der Waals surface area contributed by atoms with Crippen molar-refractivity contribution in [1.29, 1.82) is 0 Å². The number of hydrogen-bond acceptors (Lipinski definition) is 5. The monoisotopic (exact) mass is 340 g/mol. The van der Waals surface area contributed by atoms with E-state index >= 15 is 0 Å². The van der Waals surface area contributed by atoms with E-state index < -0.39 is 0 Å². The molecule has 1 N–H and O–H groups in total. The van der Waals surface area contributed by atoms with Crippen LogP contribution >= 0.6 is 11.3 Å². The molecule has 1 aliphatic rings. The van der Waals surface area contributed by atoms with E-state index in [1.54, 1.807) is 35.7 Å². The molecule has 120 valence electrons. The normalized spacial score (nSPS) is 13.7. The number of hydrogen-bond donors (Lipinski definition) is 1. The van der Waals surface area contributed by atoms with E-state index in [4.69, 9.17) is 0 Å². The van der Waals surface area contributed by atoms with Crippen LogP contribution in [-0.2, 0) is 16.1 Å². The lowest BCUT2D eigenvalue weighted by molar-refractivity contribution is -0.122. The van der Waals surface area contributed by atoms with Gasteiger partial charge in [0.05, 0.1) is 23.2 Å². The lowest BCUT2D eigenvalue weighted by Gasteiger charge is -2.29. The number of carbonyl (C=O) groups excluding carboxylic acids is 2. The molecule has 3 aromatic rings. The smallest absolute Gasteiger partial charge is 0.271 e. The molecule has 7 nitrogen and oxygen atoms in total. The minimum absolute atomic E-state index is 0.0702. The summed E-state index contributed by atoms with van der Waals surface area (Å²) >= 11 is 1.29. The van der Waals surface area contributed by atoms with Gasteiger partial charge in [-0.15, -0.1) is 11.3 Å². The summed E-state index contributed by atoms with van der Waals surface area (Å²) in [5.41, 5.74) is 1.58. The summed E-state index contributed by atoms with van der Waals surface area (Å²) in [6, 6.07) is 8.83. The molecule has 4 rings (SSSR count). The van der Waals surface area contributed by atoms with Gasteiger partial charge in [-0.3, -0.25) is 23.9 Å². The number of fused-ring (bicyclic) bond motifs is 2. The van der Waals surface area contributed by atoms with Gasteiger partial charge in [-0.1, -0.05) is 12.1 Å². The summed E-state index contributed by atoms with van der Waals surface area (Å²) in [5.74, 6) is -0.599. The zero-order chi connectivity index (χ0) is 16.7. The van der Waals surface area contributed by atoms with E-state index in [2.05, 4.69) is 10.3 Å². The van der Waals surface area contributed by atoms with Gasteiger partial charge in [0, 0.05) is 0 Å². The van der Waals surface area contributed by atoms with Crippen molar-refractivity contribution in [1.82, 2.24) is 9.55 Å². The Morgan fingerprint density at radius 3 is 2.96 bits per heavy atom.